The van der Waals surface area contributed by atoms with Gasteiger partial charge in [-0.05, 0) is 61.0 Å². The standard InChI is InChI=1S/C32H23ClF3N5O3/c1-17-23(33)8-4-9-24(17)39-31(44)21-14-18(37-30(43)19-6-2-3-7-22(19)32(34,35)36)15-25-29(21)40-28(38-25)16-27(42)20-11-13-41-12-5-10-26(20)41/h2-15,20H,16H2,1H3,(H,37,43)(H,38,40)(H,39,44). The molecule has 0 aliphatic carbocycles. The molecule has 0 fully saturated rings. The van der Waals surface area contributed by atoms with E-state index >= 15 is 0 Å². The van der Waals surface area contributed by atoms with Gasteiger partial charge in [-0.3, -0.25) is 14.4 Å². The first-order chi connectivity index (χ1) is 21.0. The van der Waals surface area contributed by atoms with E-state index in [1.54, 1.807) is 31.2 Å². The van der Waals surface area contributed by atoms with Gasteiger partial charge in [0.15, 0.2) is 5.78 Å². The van der Waals surface area contributed by atoms with Gasteiger partial charge in [0.05, 0.1) is 34.5 Å². The van der Waals surface area contributed by atoms with Gasteiger partial charge in [-0.15, -0.1) is 0 Å². The first kappa shape index (κ1) is 28.9. The van der Waals surface area contributed by atoms with Gasteiger partial charge in [-0.2, -0.15) is 13.2 Å². The Bertz CT molecular complexity index is 1990. The van der Waals surface area contributed by atoms with Crippen molar-refractivity contribution in [2.75, 3.05) is 10.6 Å². The number of alkyl halides is 3. The van der Waals surface area contributed by atoms with Crippen molar-refractivity contribution >= 4 is 57.8 Å². The van der Waals surface area contributed by atoms with E-state index in [2.05, 4.69) is 20.6 Å². The average Bonchev–Trinajstić information content (AvgIpc) is 3.70. The summed E-state index contributed by atoms with van der Waals surface area (Å²) in [6.45, 7) is 1.73. The van der Waals surface area contributed by atoms with Crippen LogP contribution in [0.5, 0.6) is 0 Å². The second kappa shape index (κ2) is 11.2. The molecular weight excluding hydrogens is 595 g/mol. The fraction of sp³-hybridized carbons (Fsp3) is 0.125. The van der Waals surface area contributed by atoms with Gasteiger partial charge < -0.3 is 20.2 Å². The fourth-order valence-electron chi connectivity index (χ4n) is 5.19. The fourth-order valence-corrected chi connectivity index (χ4v) is 5.36. The number of nitrogens with one attached hydrogen (secondary N) is 3. The third-order valence-electron chi connectivity index (χ3n) is 7.39. The Morgan fingerprint density at radius 1 is 0.977 bits per heavy atom. The predicted molar refractivity (Wildman–Crippen MR) is 161 cm³/mol. The number of fused-ring (bicyclic) bond motifs is 2. The SMILES string of the molecule is Cc1c(Cl)cccc1NC(=O)c1cc(NC(=O)c2ccccc2C(F)(F)F)cc2[nH]c(CC(=O)C3C=Cn4cccc43)nc12. The van der Waals surface area contributed by atoms with Crippen molar-refractivity contribution in [1.82, 2.24) is 14.5 Å². The van der Waals surface area contributed by atoms with Crippen molar-refractivity contribution in [2.24, 2.45) is 0 Å². The molecule has 12 heteroatoms. The number of halogens is 4. The minimum absolute atomic E-state index is 0.0193. The largest absolute Gasteiger partial charge is 0.417 e. The normalized spacial score (nSPS) is 14.1. The molecule has 2 amide bonds. The van der Waals surface area contributed by atoms with Crippen LogP contribution in [-0.4, -0.2) is 32.1 Å². The Labute approximate surface area is 253 Å². The molecule has 44 heavy (non-hydrogen) atoms. The molecule has 3 N–H and O–H groups in total. The van der Waals surface area contributed by atoms with Crippen molar-refractivity contribution in [3.05, 3.63) is 118 Å². The average molecular weight is 618 g/mol. The molecule has 0 spiro atoms. The smallest absolute Gasteiger partial charge is 0.342 e. The number of H-pyrrole nitrogens is 1. The van der Waals surface area contributed by atoms with Crippen LogP contribution in [0, 0.1) is 6.92 Å². The van der Waals surface area contributed by atoms with Crippen molar-refractivity contribution in [3.8, 4) is 0 Å². The molecule has 222 valence electrons. The monoisotopic (exact) mass is 617 g/mol. The third-order valence-corrected chi connectivity index (χ3v) is 7.80. The molecule has 0 saturated heterocycles. The topological polar surface area (TPSA) is 109 Å². The van der Waals surface area contributed by atoms with Gasteiger partial charge in [0.1, 0.15) is 11.3 Å². The summed E-state index contributed by atoms with van der Waals surface area (Å²) in [6, 6.07) is 15.9. The highest BCUT2D eigenvalue weighted by atomic mass is 35.5. The summed E-state index contributed by atoms with van der Waals surface area (Å²) < 4.78 is 42.6. The van der Waals surface area contributed by atoms with E-state index in [9.17, 15) is 27.6 Å². The van der Waals surface area contributed by atoms with Crippen LogP contribution in [-0.2, 0) is 17.4 Å². The maximum atomic E-state index is 13.6. The molecule has 3 heterocycles. The number of aromatic amines is 1. The second-order valence-electron chi connectivity index (χ2n) is 10.3. The molecule has 0 bridgehead atoms. The number of amides is 2. The van der Waals surface area contributed by atoms with Crippen LogP contribution < -0.4 is 10.6 Å². The summed E-state index contributed by atoms with van der Waals surface area (Å²) >= 11 is 6.22. The highest BCUT2D eigenvalue weighted by Gasteiger charge is 2.35. The number of anilines is 2. The van der Waals surface area contributed by atoms with Gasteiger partial charge in [-0.1, -0.05) is 35.9 Å². The van der Waals surface area contributed by atoms with E-state index in [1.807, 2.05) is 29.1 Å². The Morgan fingerprint density at radius 3 is 2.55 bits per heavy atom. The lowest BCUT2D eigenvalue weighted by Crippen LogP contribution is -2.19. The zero-order valence-corrected chi connectivity index (χ0v) is 23.8. The summed E-state index contributed by atoms with van der Waals surface area (Å²) in [7, 11) is 0. The van der Waals surface area contributed by atoms with Crippen LogP contribution >= 0.6 is 11.6 Å². The number of hydrogen-bond acceptors (Lipinski definition) is 4. The quantitative estimate of drug-likeness (QED) is 0.179. The van der Waals surface area contributed by atoms with Crippen LogP contribution in [0.3, 0.4) is 0 Å². The minimum atomic E-state index is -4.75. The van der Waals surface area contributed by atoms with E-state index in [0.717, 1.165) is 17.8 Å². The van der Waals surface area contributed by atoms with Gasteiger partial charge in [0, 0.05) is 34.5 Å². The van der Waals surface area contributed by atoms with Crippen molar-refractivity contribution in [1.29, 1.82) is 0 Å². The van der Waals surface area contributed by atoms with E-state index in [4.69, 9.17) is 11.6 Å². The number of hydrogen-bond donors (Lipinski definition) is 3. The molecule has 0 radical (unpaired) electrons. The number of nitrogens with zero attached hydrogens (tertiary/aromatic N) is 2. The van der Waals surface area contributed by atoms with Crippen molar-refractivity contribution < 1.29 is 27.6 Å². The Hall–Kier alpha value is -5.16. The zero-order valence-electron chi connectivity index (χ0n) is 23.0. The number of aromatic nitrogens is 3. The van der Waals surface area contributed by atoms with Crippen LogP contribution in [0.25, 0.3) is 17.2 Å². The lowest BCUT2D eigenvalue weighted by Gasteiger charge is -2.14. The minimum Gasteiger partial charge on any atom is -0.342 e. The first-order valence-corrected chi connectivity index (χ1v) is 13.8. The lowest BCUT2D eigenvalue weighted by molar-refractivity contribution is -0.137. The van der Waals surface area contributed by atoms with Crippen molar-refractivity contribution in [3.63, 3.8) is 0 Å². The first-order valence-electron chi connectivity index (χ1n) is 13.4. The summed E-state index contributed by atoms with van der Waals surface area (Å²) in [5, 5.41) is 5.70. The number of rotatable bonds is 7. The number of allylic oxidation sites excluding steroid dienone is 1. The van der Waals surface area contributed by atoms with Gasteiger partial charge in [-0.25, -0.2) is 4.98 Å². The molecule has 5 aromatic rings. The Balaban J connectivity index is 1.36. The second-order valence-corrected chi connectivity index (χ2v) is 10.7. The molecule has 1 unspecified atom stereocenters. The summed E-state index contributed by atoms with van der Waals surface area (Å²) in [4.78, 5) is 47.4. The van der Waals surface area contributed by atoms with Crippen molar-refractivity contribution in [2.45, 2.75) is 25.4 Å². The number of Topliss-reactive ketones (excluding diaryl/α,β-unsaturated/α-hetero) is 1. The number of ketones is 1. The van der Waals surface area contributed by atoms with Crippen LogP contribution in [0.15, 0.2) is 79.0 Å². The molecule has 1 aliphatic rings. The van der Waals surface area contributed by atoms with Gasteiger partial charge in [0.25, 0.3) is 11.8 Å². The number of imidazole rings is 1. The van der Waals surface area contributed by atoms with E-state index in [-0.39, 0.29) is 34.8 Å². The molecule has 1 aliphatic heterocycles. The molecule has 2 aromatic heterocycles. The van der Waals surface area contributed by atoms with Crippen LogP contribution in [0.1, 0.15) is 49.3 Å². The van der Waals surface area contributed by atoms with Gasteiger partial charge in [0.2, 0.25) is 0 Å². The summed E-state index contributed by atoms with van der Waals surface area (Å²) in [5.74, 6) is -1.93. The molecule has 0 saturated carbocycles. The maximum Gasteiger partial charge on any atom is 0.417 e. The lowest BCUT2D eigenvalue weighted by atomic mass is 9.99. The maximum absolute atomic E-state index is 13.6. The summed E-state index contributed by atoms with van der Waals surface area (Å²) in [6.07, 6.45) is 0.611. The number of carbonyl (C=O) groups is 3. The third kappa shape index (κ3) is 5.49. The number of benzene rings is 3. The molecule has 3 aromatic carbocycles. The molecule has 8 nitrogen and oxygen atoms in total. The Kier molecular flexibility index (Phi) is 7.34. The highest BCUT2D eigenvalue weighted by Crippen LogP contribution is 2.33. The van der Waals surface area contributed by atoms with Crippen LogP contribution in [0.4, 0.5) is 24.5 Å². The molecular formula is C32H23ClF3N5O3. The van der Waals surface area contributed by atoms with E-state index < -0.39 is 35.0 Å². The molecule has 6 rings (SSSR count). The van der Waals surface area contributed by atoms with Crippen LogP contribution in [0.2, 0.25) is 5.02 Å². The highest BCUT2D eigenvalue weighted by molar-refractivity contribution is 6.32. The van der Waals surface area contributed by atoms with E-state index in [0.29, 0.717) is 21.8 Å². The van der Waals surface area contributed by atoms with Gasteiger partial charge >= 0.3 is 6.18 Å². The Morgan fingerprint density at radius 2 is 1.75 bits per heavy atom. The molecule has 1 atom stereocenters. The zero-order chi connectivity index (χ0) is 31.2. The number of carbonyl (C=O) groups excluding carboxylic acids is 3. The van der Waals surface area contributed by atoms with E-state index in [1.165, 1.54) is 24.3 Å². The summed E-state index contributed by atoms with van der Waals surface area (Å²) in [5.41, 5.74) is 0.787. The predicted octanol–water partition coefficient (Wildman–Crippen LogP) is 7.23.